The Morgan fingerprint density at radius 3 is 1.66 bits per heavy atom. The number of nitrogens with zero attached hydrogens (tertiary/aromatic N) is 6. The van der Waals surface area contributed by atoms with Crippen LogP contribution in [0.15, 0.2) is 60.9 Å². The fourth-order valence-corrected chi connectivity index (χ4v) is 6.55. The lowest BCUT2D eigenvalue weighted by Gasteiger charge is -2.29. The van der Waals surface area contributed by atoms with E-state index in [4.69, 9.17) is 33.4 Å². The number of benzene rings is 2. The summed E-state index contributed by atoms with van der Waals surface area (Å²) in [5.74, 6) is 0.0202. The molecule has 0 radical (unpaired) electrons. The Morgan fingerprint density at radius 1 is 0.829 bits per heavy atom. The van der Waals surface area contributed by atoms with E-state index in [1.807, 2.05) is 57.9 Å². The van der Waals surface area contributed by atoms with Crippen LogP contribution in [0.2, 0.25) is 10.0 Å². The Hall–Kier alpha value is -4.34. The number of carbonyl (C=O) groups excluding carboxylic acids is 1. The van der Waals surface area contributed by atoms with Gasteiger partial charge in [-0.15, -0.1) is 0 Å². The number of carboxylic acids is 1. The zero-order valence-corrected chi connectivity index (χ0v) is 24.3. The standard InChI is InChI=1S/C30H26Cl2N6O3/c1-17-26(28(35(3)33-17)37-11-9-19-13-21(31)5-7-23(19)37)30(16-39,15-25(40)41)27-18(2)34-36(4)29(27)38-12-10-20-14-22(32)6-8-24(20)38/h5-14,16H,15H2,1-4H3,(H,40,41). The number of fused-ring (bicyclic) bond motifs is 2. The van der Waals surface area contributed by atoms with Crippen molar-refractivity contribution in [2.75, 3.05) is 0 Å². The lowest BCUT2D eigenvalue weighted by Crippen LogP contribution is -2.36. The van der Waals surface area contributed by atoms with Crippen molar-refractivity contribution < 1.29 is 14.7 Å². The molecule has 41 heavy (non-hydrogen) atoms. The molecule has 1 N–H and O–H groups in total. The molecule has 0 aliphatic heterocycles. The van der Waals surface area contributed by atoms with E-state index in [0.29, 0.717) is 44.2 Å². The van der Waals surface area contributed by atoms with Crippen LogP contribution in [0.25, 0.3) is 33.4 Å². The van der Waals surface area contributed by atoms with Crippen molar-refractivity contribution in [1.82, 2.24) is 28.7 Å². The van der Waals surface area contributed by atoms with Crippen LogP contribution in [0.5, 0.6) is 0 Å². The molecule has 4 aromatic heterocycles. The first-order valence-electron chi connectivity index (χ1n) is 12.9. The van der Waals surface area contributed by atoms with Gasteiger partial charge in [0.25, 0.3) is 0 Å². The summed E-state index contributed by atoms with van der Waals surface area (Å²) in [6, 6.07) is 14.9. The number of halogens is 2. The summed E-state index contributed by atoms with van der Waals surface area (Å²) in [6.07, 6.45) is 3.97. The number of carboxylic acid groups (broad SMARTS) is 1. The molecule has 0 amide bonds. The molecule has 0 fully saturated rings. The van der Waals surface area contributed by atoms with Crippen molar-refractivity contribution in [3.05, 3.63) is 93.5 Å². The third-order valence-electron chi connectivity index (χ3n) is 7.67. The quantitative estimate of drug-likeness (QED) is 0.233. The average molecular weight is 589 g/mol. The van der Waals surface area contributed by atoms with Crippen LogP contribution in [-0.2, 0) is 29.1 Å². The largest absolute Gasteiger partial charge is 0.481 e. The van der Waals surface area contributed by atoms with Gasteiger partial charge in [0.2, 0.25) is 0 Å². The van der Waals surface area contributed by atoms with Gasteiger partial charge in [-0.25, -0.2) is 0 Å². The highest BCUT2D eigenvalue weighted by Crippen LogP contribution is 2.44. The third kappa shape index (κ3) is 4.07. The van der Waals surface area contributed by atoms with Crippen LogP contribution in [0.3, 0.4) is 0 Å². The van der Waals surface area contributed by atoms with Crippen molar-refractivity contribution >= 4 is 57.3 Å². The molecule has 4 heterocycles. The predicted octanol–water partition coefficient (Wildman–Crippen LogP) is 5.92. The van der Waals surface area contributed by atoms with E-state index in [1.165, 1.54) is 0 Å². The highest BCUT2D eigenvalue weighted by atomic mass is 35.5. The number of aryl methyl sites for hydroxylation is 4. The summed E-state index contributed by atoms with van der Waals surface area (Å²) < 4.78 is 7.19. The first kappa shape index (κ1) is 26.9. The van der Waals surface area contributed by atoms with Gasteiger partial charge in [0.05, 0.1) is 34.3 Å². The van der Waals surface area contributed by atoms with Crippen LogP contribution >= 0.6 is 23.2 Å². The van der Waals surface area contributed by atoms with Gasteiger partial charge in [-0.05, 0) is 62.4 Å². The van der Waals surface area contributed by atoms with Gasteiger partial charge in [-0.3, -0.25) is 14.2 Å². The monoisotopic (exact) mass is 588 g/mol. The Labute approximate surface area is 245 Å². The molecule has 0 atom stereocenters. The Morgan fingerprint density at radius 2 is 1.27 bits per heavy atom. The topological polar surface area (TPSA) is 99.9 Å². The van der Waals surface area contributed by atoms with E-state index in [2.05, 4.69) is 0 Å². The number of aliphatic carboxylic acids is 1. The number of hydrogen-bond donors (Lipinski definition) is 1. The first-order valence-corrected chi connectivity index (χ1v) is 13.6. The van der Waals surface area contributed by atoms with Crippen molar-refractivity contribution in [3.63, 3.8) is 0 Å². The smallest absolute Gasteiger partial charge is 0.305 e. The molecule has 0 aliphatic carbocycles. The number of hydrogen-bond acceptors (Lipinski definition) is 4. The summed E-state index contributed by atoms with van der Waals surface area (Å²) in [7, 11) is 3.56. The second kappa shape index (κ2) is 9.64. The Bertz CT molecular complexity index is 1880. The second-order valence-electron chi connectivity index (χ2n) is 10.3. The van der Waals surface area contributed by atoms with E-state index in [1.54, 1.807) is 49.4 Å². The van der Waals surface area contributed by atoms with Crippen LogP contribution in [0.1, 0.15) is 28.9 Å². The molecule has 0 bridgehead atoms. The van der Waals surface area contributed by atoms with Gasteiger partial charge in [0.15, 0.2) is 0 Å². The average Bonchev–Trinajstić information content (AvgIpc) is 3.65. The zero-order valence-electron chi connectivity index (χ0n) is 22.8. The molecule has 11 heteroatoms. The first-order chi connectivity index (χ1) is 19.6. The molecule has 6 aromatic rings. The van der Waals surface area contributed by atoms with Crippen LogP contribution in [0, 0.1) is 13.8 Å². The van der Waals surface area contributed by atoms with Gasteiger partial charge in [-0.2, -0.15) is 10.2 Å². The fraction of sp³-hybridized carbons (Fsp3) is 0.200. The summed E-state index contributed by atoms with van der Waals surface area (Å²) in [4.78, 5) is 26.2. The highest BCUT2D eigenvalue weighted by molar-refractivity contribution is 6.31. The molecule has 2 aromatic carbocycles. The summed E-state index contributed by atoms with van der Waals surface area (Å²) in [6.45, 7) is 3.58. The van der Waals surface area contributed by atoms with E-state index in [0.717, 1.165) is 28.1 Å². The van der Waals surface area contributed by atoms with Crippen molar-refractivity contribution in [1.29, 1.82) is 0 Å². The molecule has 0 aliphatic rings. The third-order valence-corrected chi connectivity index (χ3v) is 8.14. The minimum atomic E-state index is -1.64. The van der Waals surface area contributed by atoms with Gasteiger partial charge in [-0.1, -0.05) is 23.2 Å². The molecule has 0 unspecified atom stereocenters. The molecule has 0 saturated carbocycles. The van der Waals surface area contributed by atoms with E-state index < -0.39 is 17.8 Å². The van der Waals surface area contributed by atoms with Gasteiger partial charge < -0.3 is 19.0 Å². The summed E-state index contributed by atoms with van der Waals surface area (Å²) >= 11 is 12.5. The molecule has 9 nitrogen and oxygen atoms in total. The number of aromatic nitrogens is 6. The van der Waals surface area contributed by atoms with Gasteiger partial charge in [0.1, 0.15) is 17.9 Å². The number of aldehydes is 1. The van der Waals surface area contributed by atoms with E-state index >= 15 is 0 Å². The molecule has 0 saturated heterocycles. The maximum absolute atomic E-state index is 13.6. The Kier molecular flexibility index (Phi) is 6.32. The molecule has 6 rings (SSSR count). The van der Waals surface area contributed by atoms with Gasteiger partial charge >= 0.3 is 5.97 Å². The van der Waals surface area contributed by atoms with Crippen molar-refractivity contribution in [2.24, 2.45) is 14.1 Å². The van der Waals surface area contributed by atoms with Crippen LogP contribution in [0.4, 0.5) is 0 Å². The number of carbonyl (C=O) groups is 2. The predicted molar refractivity (Wildman–Crippen MR) is 159 cm³/mol. The minimum absolute atomic E-state index is 0.488. The maximum atomic E-state index is 13.6. The van der Waals surface area contributed by atoms with Crippen LogP contribution < -0.4 is 0 Å². The van der Waals surface area contributed by atoms with E-state index in [9.17, 15) is 14.7 Å². The minimum Gasteiger partial charge on any atom is -0.481 e. The Balaban J connectivity index is 1.71. The van der Waals surface area contributed by atoms with E-state index in [-0.39, 0.29) is 0 Å². The lowest BCUT2D eigenvalue weighted by atomic mass is 9.72. The highest BCUT2D eigenvalue weighted by Gasteiger charge is 2.47. The molecule has 0 spiro atoms. The second-order valence-corrected chi connectivity index (χ2v) is 11.1. The van der Waals surface area contributed by atoms with Crippen molar-refractivity contribution in [3.8, 4) is 11.6 Å². The molecular weight excluding hydrogens is 563 g/mol. The van der Waals surface area contributed by atoms with Crippen LogP contribution in [-0.4, -0.2) is 46.1 Å². The summed E-state index contributed by atoms with van der Waals surface area (Å²) in [5, 5.41) is 22.7. The fourth-order valence-electron chi connectivity index (χ4n) is 6.19. The number of rotatable bonds is 7. The molecule has 208 valence electrons. The molecular formula is C30H26Cl2N6O3. The normalized spacial score (nSPS) is 12.0. The van der Waals surface area contributed by atoms with Crippen molar-refractivity contribution in [2.45, 2.75) is 25.7 Å². The van der Waals surface area contributed by atoms with Gasteiger partial charge in [0, 0.05) is 58.4 Å². The maximum Gasteiger partial charge on any atom is 0.305 e. The lowest BCUT2D eigenvalue weighted by molar-refractivity contribution is -0.139. The summed E-state index contributed by atoms with van der Waals surface area (Å²) in [5.41, 5.74) is 2.08. The zero-order chi connectivity index (χ0) is 29.2. The SMILES string of the molecule is Cc1nn(C)c(-n2ccc3cc(Cl)ccc32)c1C(C=O)(CC(=O)O)c1c(C)nn(C)c1-n1ccc2cc(Cl)ccc21.